The van der Waals surface area contributed by atoms with E-state index in [1.807, 2.05) is 24.3 Å². The molecule has 112 valence electrons. The number of benzene rings is 2. The van der Waals surface area contributed by atoms with Crippen molar-refractivity contribution in [2.75, 3.05) is 0 Å². The Hall–Kier alpha value is -1.94. The molecule has 2 unspecified atom stereocenters. The zero-order chi connectivity index (χ0) is 15.4. The predicted molar refractivity (Wildman–Crippen MR) is 79.2 cm³/mol. The van der Waals surface area contributed by atoms with Crippen LogP contribution in [0.4, 0.5) is 8.78 Å². The van der Waals surface area contributed by atoms with Gasteiger partial charge in [-0.25, -0.2) is 8.78 Å². The molecule has 0 radical (unpaired) electrons. The lowest BCUT2D eigenvalue weighted by molar-refractivity contribution is 0.189. The third kappa shape index (κ3) is 4.02. The summed E-state index contributed by atoms with van der Waals surface area (Å²) in [5, 5.41) is 0. The molecule has 0 aliphatic heterocycles. The van der Waals surface area contributed by atoms with Crippen LogP contribution in [0.2, 0.25) is 0 Å². The van der Waals surface area contributed by atoms with E-state index in [1.54, 1.807) is 6.92 Å². The van der Waals surface area contributed by atoms with Gasteiger partial charge in [0.1, 0.15) is 23.5 Å². The zero-order valence-corrected chi connectivity index (χ0v) is 12.1. The van der Waals surface area contributed by atoms with E-state index in [0.717, 1.165) is 30.2 Å². The van der Waals surface area contributed by atoms with E-state index in [0.29, 0.717) is 0 Å². The van der Waals surface area contributed by atoms with Crippen LogP contribution in [0.3, 0.4) is 0 Å². The van der Waals surface area contributed by atoms with Crippen LogP contribution in [0.1, 0.15) is 31.0 Å². The van der Waals surface area contributed by atoms with E-state index in [1.165, 1.54) is 5.56 Å². The van der Waals surface area contributed by atoms with Gasteiger partial charge >= 0.3 is 0 Å². The van der Waals surface area contributed by atoms with Crippen LogP contribution >= 0.6 is 0 Å². The van der Waals surface area contributed by atoms with Crippen molar-refractivity contribution in [3.63, 3.8) is 0 Å². The van der Waals surface area contributed by atoms with Gasteiger partial charge in [-0.15, -0.1) is 0 Å². The zero-order valence-electron chi connectivity index (χ0n) is 12.1. The minimum atomic E-state index is -0.668. The molecule has 2 nitrogen and oxygen atoms in total. The maximum Gasteiger partial charge on any atom is 0.129 e. The molecule has 2 N–H and O–H groups in total. The fourth-order valence-electron chi connectivity index (χ4n) is 2.13. The standard InChI is InChI=1S/C17H19F2NO/c1-3-12-4-6-13(7-5-12)17(20)11(2)21-16-9-14(18)8-15(19)10-16/h4-11,17H,3,20H2,1-2H3. The molecule has 2 rings (SSSR count). The highest BCUT2D eigenvalue weighted by Gasteiger charge is 2.17. The molecule has 21 heavy (non-hydrogen) atoms. The molecule has 0 fully saturated rings. The van der Waals surface area contributed by atoms with E-state index in [9.17, 15) is 8.78 Å². The van der Waals surface area contributed by atoms with Gasteiger partial charge in [0.15, 0.2) is 0 Å². The Morgan fingerprint density at radius 1 is 1.05 bits per heavy atom. The summed E-state index contributed by atoms with van der Waals surface area (Å²) in [5.41, 5.74) is 8.30. The number of ether oxygens (including phenoxy) is 1. The van der Waals surface area contributed by atoms with Gasteiger partial charge in [0, 0.05) is 18.2 Å². The summed E-state index contributed by atoms with van der Waals surface area (Å²) < 4.78 is 31.8. The molecule has 0 saturated heterocycles. The lowest BCUT2D eigenvalue weighted by Gasteiger charge is -2.22. The summed E-state index contributed by atoms with van der Waals surface area (Å²) in [5.74, 6) is -1.20. The van der Waals surface area contributed by atoms with E-state index in [-0.39, 0.29) is 11.8 Å². The number of aryl methyl sites for hydroxylation is 1. The van der Waals surface area contributed by atoms with Crippen molar-refractivity contribution in [1.82, 2.24) is 0 Å². The molecule has 0 bridgehead atoms. The fourth-order valence-corrected chi connectivity index (χ4v) is 2.13. The topological polar surface area (TPSA) is 35.2 Å². The van der Waals surface area contributed by atoms with Crippen LogP contribution in [-0.4, -0.2) is 6.10 Å². The normalized spacial score (nSPS) is 13.8. The van der Waals surface area contributed by atoms with E-state index in [2.05, 4.69) is 6.92 Å². The van der Waals surface area contributed by atoms with Crippen LogP contribution in [0, 0.1) is 11.6 Å². The second kappa shape index (κ2) is 6.68. The highest BCUT2D eigenvalue weighted by atomic mass is 19.1. The average Bonchev–Trinajstić information content (AvgIpc) is 2.45. The number of rotatable bonds is 5. The van der Waals surface area contributed by atoms with Gasteiger partial charge in [-0.3, -0.25) is 0 Å². The summed E-state index contributed by atoms with van der Waals surface area (Å²) in [6.45, 7) is 3.86. The second-order valence-electron chi connectivity index (χ2n) is 5.05. The predicted octanol–water partition coefficient (Wildman–Crippen LogP) is 3.99. The fraction of sp³-hybridized carbons (Fsp3) is 0.294. The molecule has 2 aromatic rings. The highest BCUT2D eigenvalue weighted by molar-refractivity contribution is 5.27. The number of hydrogen-bond acceptors (Lipinski definition) is 2. The first-order chi connectivity index (χ1) is 9.99. The SMILES string of the molecule is CCc1ccc(C(N)C(C)Oc2cc(F)cc(F)c2)cc1. The smallest absolute Gasteiger partial charge is 0.129 e. The summed E-state index contributed by atoms with van der Waals surface area (Å²) in [6, 6.07) is 10.7. The Morgan fingerprint density at radius 2 is 1.62 bits per heavy atom. The van der Waals surface area contributed by atoms with Crippen molar-refractivity contribution in [3.8, 4) is 5.75 Å². The van der Waals surface area contributed by atoms with Crippen molar-refractivity contribution in [1.29, 1.82) is 0 Å². The molecular formula is C17H19F2NO. The van der Waals surface area contributed by atoms with Gasteiger partial charge in [0.2, 0.25) is 0 Å². The van der Waals surface area contributed by atoms with Gasteiger partial charge in [0.25, 0.3) is 0 Å². The summed E-state index contributed by atoms with van der Waals surface area (Å²) >= 11 is 0. The van der Waals surface area contributed by atoms with Crippen LogP contribution in [0.25, 0.3) is 0 Å². The van der Waals surface area contributed by atoms with Gasteiger partial charge in [0.05, 0.1) is 6.04 Å². The van der Waals surface area contributed by atoms with Gasteiger partial charge < -0.3 is 10.5 Å². The Kier molecular flexibility index (Phi) is 4.91. The number of halogens is 2. The number of nitrogens with two attached hydrogens (primary N) is 1. The molecule has 0 aliphatic carbocycles. The van der Waals surface area contributed by atoms with E-state index >= 15 is 0 Å². The van der Waals surface area contributed by atoms with Crippen molar-refractivity contribution in [2.24, 2.45) is 5.73 Å². The van der Waals surface area contributed by atoms with Crippen molar-refractivity contribution in [2.45, 2.75) is 32.4 Å². The molecule has 0 heterocycles. The van der Waals surface area contributed by atoms with Gasteiger partial charge in [-0.1, -0.05) is 31.2 Å². The van der Waals surface area contributed by atoms with Crippen LogP contribution in [-0.2, 0) is 6.42 Å². The maximum absolute atomic E-state index is 13.1. The Bertz CT molecular complexity index is 578. The molecular weight excluding hydrogens is 272 g/mol. The Balaban J connectivity index is 2.09. The minimum absolute atomic E-state index is 0.139. The lowest BCUT2D eigenvalue weighted by atomic mass is 10.0. The highest BCUT2D eigenvalue weighted by Crippen LogP contribution is 2.22. The summed E-state index contributed by atoms with van der Waals surface area (Å²) in [4.78, 5) is 0. The molecule has 0 spiro atoms. The summed E-state index contributed by atoms with van der Waals surface area (Å²) in [6.07, 6.45) is 0.558. The first-order valence-electron chi connectivity index (χ1n) is 6.96. The van der Waals surface area contributed by atoms with Crippen molar-refractivity contribution >= 4 is 0 Å². The molecule has 0 aliphatic rings. The Labute approximate surface area is 123 Å². The lowest BCUT2D eigenvalue weighted by Crippen LogP contribution is -2.28. The number of hydrogen-bond donors (Lipinski definition) is 1. The van der Waals surface area contributed by atoms with Gasteiger partial charge in [-0.2, -0.15) is 0 Å². The van der Waals surface area contributed by atoms with E-state index in [4.69, 9.17) is 10.5 Å². The molecule has 0 amide bonds. The monoisotopic (exact) mass is 291 g/mol. The first-order valence-corrected chi connectivity index (χ1v) is 6.96. The quantitative estimate of drug-likeness (QED) is 0.904. The maximum atomic E-state index is 13.1. The molecule has 2 atom stereocenters. The minimum Gasteiger partial charge on any atom is -0.489 e. The molecule has 2 aromatic carbocycles. The Morgan fingerprint density at radius 3 is 2.14 bits per heavy atom. The van der Waals surface area contributed by atoms with Crippen LogP contribution < -0.4 is 10.5 Å². The molecule has 0 saturated carbocycles. The average molecular weight is 291 g/mol. The van der Waals surface area contributed by atoms with Crippen molar-refractivity contribution in [3.05, 3.63) is 65.2 Å². The summed E-state index contributed by atoms with van der Waals surface area (Å²) in [7, 11) is 0. The van der Waals surface area contributed by atoms with Crippen molar-refractivity contribution < 1.29 is 13.5 Å². The molecule has 0 aromatic heterocycles. The second-order valence-corrected chi connectivity index (χ2v) is 5.05. The van der Waals surface area contributed by atoms with E-state index < -0.39 is 17.7 Å². The third-order valence-corrected chi connectivity index (χ3v) is 3.44. The van der Waals surface area contributed by atoms with Crippen LogP contribution in [0.15, 0.2) is 42.5 Å². The van der Waals surface area contributed by atoms with Gasteiger partial charge in [-0.05, 0) is 24.5 Å². The van der Waals surface area contributed by atoms with Crippen LogP contribution in [0.5, 0.6) is 5.75 Å². The largest absolute Gasteiger partial charge is 0.489 e. The molecule has 4 heteroatoms. The first kappa shape index (κ1) is 15.4. The third-order valence-electron chi connectivity index (χ3n) is 3.44.